The van der Waals surface area contributed by atoms with Crippen molar-refractivity contribution in [1.29, 1.82) is 0 Å². The number of likely N-dealkylation sites (N-methyl/N-ethyl adjacent to an activating group) is 1. The number of hydrogen-bond donors (Lipinski definition) is 1. The standard InChI is InChI=1S/C17H29NO/c1-4-6-7-12-19-14-16-8-10-17(11-9-16)15(3)13-18-5-2/h8-11,15,18H,4-7,12-14H2,1-3H3. The van der Waals surface area contributed by atoms with E-state index in [4.69, 9.17) is 4.74 Å². The molecule has 19 heavy (non-hydrogen) atoms. The van der Waals surface area contributed by atoms with Crippen LogP contribution in [-0.4, -0.2) is 19.7 Å². The van der Waals surface area contributed by atoms with Crippen LogP contribution in [0, 0.1) is 0 Å². The Kier molecular flexibility index (Phi) is 8.52. The lowest BCUT2D eigenvalue weighted by molar-refractivity contribution is 0.117. The Morgan fingerprint density at radius 3 is 2.47 bits per heavy atom. The first kappa shape index (κ1) is 16.2. The highest BCUT2D eigenvalue weighted by molar-refractivity contribution is 5.24. The molecule has 0 aliphatic rings. The van der Waals surface area contributed by atoms with Gasteiger partial charge in [-0.3, -0.25) is 0 Å². The zero-order valence-corrected chi connectivity index (χ0v) is 12.7. The summed E-state index contributed by atoms with van der Waals surface area (Å²) in [5.41, 5.74) is 2.67. The van der Waals surface area contributed by atoms with Crippen molar-refractivity contribution in [2.24, 2.45) is 0 Å². The highest BCUT2D eigenvalue weighted by Gasteiger charge is 2.04. The van der Waals surface area contributed by atoms with Crippen molar-refractivity contribution in [3.05, 3.63) is 35.4 Å². The van der Waals surface area contributed by atoms with E-state index in [-0.39, 0.29) is 0 Å². The molecular weight excluding hydrogens is 234 g/mol. The first-order valence-corrected chi connectivity index (χ1v) is 7.65. The number of rotatable bonds is 10. The summed E-state index contributed by atoms with van der Waals surface area (Å²) in [5.74, 6) is 0.569. The van der Waals surface area contributed by atoms with Crippen molar-refractivity contribution in [3.63, 3.8) is 0 Å². The van der Waals surface area contributed by atoms with Crippen molar-refractivity contribution < 1.29 is 4.74 Å². The van der Waals surface area contributed by atoms with Crippen LogP contribution in [0.1, 0.15) is 57.1 Å². The molecule has 1 unspecified atom stereocenters. The van der Waals surface area contributed by atoms with Crippen LogP contribution in [0.25, 0.3) is 0 Å². The number of unbranched alkanes of at least 4 members (excludes halogenated alkanes) is 2. The minimum atomic E-state index is 0.569. The molecular formula is C17H29NO. The third-order valence-corrected chi connectivity index (χ3v) is 3.41. The van der Waals surface area contributed by atoms with Crippen LogP contribution >= 0.6 is 0 Å². The van der Waals surface area contributed by atoms with E-state index < -0.39 is 0 Å². The van der Waals surface area contributed by atoms with Crippen LogP contribution in [0.2, 0.25) is 0 Å². The zero-order chi connectivity index (χ0) is 13.9. The van der Waals surface area contributed by atoms with E-state index in [2.05, 4.69) is 50.4 Å². The molecule has 0 saturated heterocycles. The van der Waals surface area contributed by atoms with Gasteiger partial charge in [-0.2, -0.15) is 0 Å². The van der Waals surface area contributed by atoms with Crippen LogP contribution in [0.4, 0.5) is 0 Å². The summed E-state index contributed by atoms with van der Waals surface area (Å²) in [7, 11) is 0. The average Bonchev–Trinajstić information content (AvgIpc) is 2.45. The summed E-state index contributed by atoms with van der Waals surface area (Å²) >= 11 is 0. The molecule has 0 aliphatic carbocycles. The normalized spacial score (nSPS) is 12.6. The van der Waals surface area contributed by atoms with E-state index in [1.807, 2.05) is 0 Å². The highest BCUT2D eigenvalue weighted by atomic mass is 16.5. The van der Waals surface area contributed by atoms with Gasteiger partial charge in [0, 0.05) is 13.2 Å². The summed E-state index contributed by atoms with van der Waals surface area (Å²) in [6, 6.07) is 8.84. The largest absolute Gasteiger partial charge is 0.377 e. The third-order valence-electron chi connectivity index (χ3n) is 3.41. The Balaban J connectivity index is 2.30. The number of hydrogen-bond acceptors (Lipinski definition) is 2. The Bertz CT molecular complexity index is 321. The van der Waals surface area contributed by atoms with E-state index in [1.54, 1.807) is 0 Å². The first-order valence-electron chi connectivity index (χ1n) is 7.65. The van der Waals surface area contributed by atoms with Gasteiger partial charge in [0.15, 0.2) is 0 Å². The van der Waals surface area contributed by atoms with Gasteiger partial charge in [0.2, 0.25) is 0 Å². The minimum absolute atomic E-state index is 0.569. The van der Waals surface area contributed by atoms with Crippen LogP contribution in [-0.2, 0) is 11.3 Å². The molecule has 0 saturated carbocycles. The Morgan fingerprint density at radius 2 is 1.84 bits per heavy atom. The van der Waals surface area contributed by atoms with Gasteiger partial charge in [0.05, 0.1) is 6.61 Å². The Morgan fingerprint density at radius 1 is 1.11 bits per heavy atom. The topological polar surface area (TPSA) is 21.3 Å². The Hall–Kier alpha value is -0.860. The maximum Gasteiger partial charge on any atom is 0.0716 e. The maximum atomic E-state index is 5.67. The molecule has 1 atom stereocenters. The molecule has 1 aromatic rings. The quantitative estimate of drug-likeness (QED) is 0.642. The lowest BCUT2D eigenvalue weighted by atomic mass is 10.00. The molecule has 0 fully saturated rings. The van der Waals surface area contributed by atoms with Crippen molar-refractivity contribution in [3.8, 4) is 0 Å². The van der Waals surface area contributed by atoms with Crippen molar-refractivity contribution in [2.45, 2.75) is 52.6 Å². The summed E-state index contributed by atoms with van der Waals surface area (Å²) in [5, 5.41) is 3.39. The van der Waals surface area contributed by atoms with Gasteiger partial charge in [-0.1, -0.05) is 57.9 Å². The molecule has 0 aromatic heterocycles. The molecule has 0 bridgehead atoms. The molecule has 1 rings (SSSR count). The predicted octanol–water partition coefficient (Wildman–Crippen LogP) is 4.11. The van der Waals surface area contributed by atoms with E-state index >= 15 is 0 Å². The average molecular weight is 263 g/mol. The molecule has 2 heteroatoms. The summed E-state index contributed by atoms with van der Waals surface area (Å²) in [6.07, 6.45) is 3.69. The van der Waals surface area contributed by atoms with Crippen molar-refractivity contribution >= 4 is 0 Å². The van der Waals surface area contributed by atoms with Gasteiger partial charge >= 0.3 is 0 Å². The maximum absolute atomic E-state index is 5.67. The van der Waals surface area contributed by atoms with Gasteiger partial charge in [-0.05, 0) is 30.0 Å². The first-order chi connectivity index (χ1) is 9.27. The fourth-order valence-electron chi connectivity index (χ4n) is 2.07. The second-order valence-corrected chi connectivity index (χ2v) is 5.21. The van der Waals surface area contributed by atoms with Crippen LogP contribution < -0.4 is 5.32 Å². The van der Waals surface area contributed by atoms with E-state index in [0.29, 0.717) is 5.92 Å². The third kappa shape index (κ3) is 6.74. The summed E-state index contributed by atoms with van der Waals surface area (Å²) in [6.45, 7) is 10.3. The molecule has 0 radical (unpaired) electrons. The number of ether oxygens (including phenoxy) is 1. The van der Waals surface area contributed by atoms with E-state index in [0.717, 1.165) is 26.3 Å². The molecule has 0 heterocycles. The van der Waals surface area contributed by atoms with Gasteiger partial charge in [0.1, 0.15) is 0 Å². The highest BCUT2D eigenvalue weighted by Crippen LogP contribution is 2.15. The Labute approximate surface area is 118 Å². The van der Waals surface area contributed by atoms with Crippen LogP contribution in [0.15, 0.2) is 24.3 Å². The van der Waals surface area contributed by atoms with E-state index in [1.165, 1.54) is 30.4 Å². The van der Waals surface area contributed by atoms with Crippen LogP contribution in [0.3, 0.4) is 0 Å². The molecule has 2 nitrogen and oxygen atoms in total. The second-order valence-electron chi connectivity index (χ2n) is 5.21. The lowest BCUT2D eigenvalue weighted by Crippen LogP contribution is -2.19. The van der Waals surface area contributed by atoms with Crippen molar-refractivity contribution in [1.82, 2.24) is 5.32 Å². The number of benzene rings is 1. The molecule has 1 aromatic carbocycles. The molecule has 0 aliphatic heterocycles. The molecule has 1 N–H and O–H groups in total. The fraction of sp³-hybridized carbons (Fsp3) is 0.647. The van der Waals surface area contributed by atoms with Crippen LogP contribution in [0.5, 0.6) is 0 Å². The predicted molar refractivity (Wildman–Crippen MR) is 82.6 cm³/mol. The summed E-state index contributed by atoms with van der Waals surface area (Å²) < 4.78 is 5.67. The van der Waals surface area contributed by atoms with Gasteiger partial charge in [-0.25, -0.2) is 0 Å². The zero-order valence-electron chi connectivity index (χ0n) is 12.7. The van der Waals surface area contributed by atoms with Crippen molar-refractivity contribution in [2.75, 3.05) is 19.7 Å². The lowest BCUT2D eigenvalue weighted by Gasteiger charge is -2.13. The second kappa shape index (κ2) is 9.99. The monoisotopic (exact) mass is 263 g/mol. The van der Waals surface area contributed by atoms with Gasteiger partial charge < -0.3 is 10.1 Å². The van der Waals surface area contributed by atoms with Gasteiger partial charge in [0.25, 0.3) is 0 Å². The smallest absolute Gasteiger partial charge is 0.0716 e. The fourth-order valence-corrected chi connectivity index (χ4v) is 2.07. The number of nitrogens with one attached hydrogen (secondary N) is 1. The molecule has 108 valence electrons. The summed E-state index contributed by atoms with van der Waals surface area (Å²) in [4.78, 5) is 0. The van der Waals surface area contributed by atoms with Gasteiger partial charge in [-0.15, -0.1) is 0 Å². The minimum Gasteiger partial charge on any atom is -0.377 e. The van der Waals surface area contributed by atoms with E-state index in [9.17, 15) is 0 Å². The molecule has 0 amide bonds. The SMILES string of the molecule is CCCCCOCc1ccc(C(C)CNCC)cc1. The molecule has 0 spiro atoms.